The van der Waals surface area contributed by atoms with E-state index < -0.39 is 6.10 Å². The summed E-state index contributed by atoms with van der Waals surface area (Å²) in [6.45, 7) is 4.65. The molecule has 0 aliphatic rings. The Kier molecular flexibility index (Phi) is 9.72. The molecule has 5 N–H and O–H groups in total. The van der Waals surface area contributed by atoms with Crippen molar-refractivity contribution in [2.75, 3.05) is 13.1 Å². The van der Waals surface area contributed by atoms with Gasteiger partial charge in [0.25, 0.3) is 5.91 Å². The van der Waals surface area contributed by atoms with Gasteiger partial charge in [0, 0.05) is 29.8 Å². The topological polar surface area (TPSA) is 102 Å². The highest BCUT2D eigenvalue weighted by Crippen LogP contribution is 2.23. The van der Waals surface area contributed by atoms with Gasteiger partial charge in [-0.1, -0.05) is 72.8 Å². The number of carbonyl (C=O) groups is 1. The van der Waals surface area contributed by atoms with Gasteiger partial charge in [0.15, 0.2) is 0 Å². The summed E-state index contributed by atoms with van der Waals surface area (Å²) in [5, 5.41) is 36.2. The zero-order valence-electron chi connectivity index (χ0n) is 23.1. The molecule has 0 aliphatic carbocycles. The van der Waals surface area contributed by atoms with Gasteiger partial charge in [-0.3, -0.25) is 4.79 Å². The minimum absolute atomic E-state index is 0.00755. The third kappa shape index (κ3) is 8.02. The fourth-order valence-corrected chi connectivity index (χ4v) is 4.74. The molecule has 0 saturated heterocycles. The van der Waals surface area contributed by atoms with Gasteiger partial charge in [-0.15, -0.1) is 0 Å². The zero-order valence-corrected chi connectivity index (χ0v) is 23.1. The van der Waals surface area contributed by atoms with Gasteiger partial charge in [0.2, 0.25) is 0 Å². The second-order valence-electron chi connectivity index (χ2n) is 10.8. The molecule has 0 heterocycles. The number of hydrogen-bond donors (Lipinski definition) is 5. The molecule has 40 heavy (non-hydrogen) atoms. The summed E-state index contributed by atoms with van der Waals surface area (Å²) in [4.78, 5) is 12.8. The molecule has 4 aromatic carbocycles. The molecule has 0 aliphatic heterocycles. The second kappa shape index (κ2) is 13.4. The summed E-state index contributed by atoms with van der Waals surface area (Å²) in [5.41, 5.74) is 5.82. The quantitative estimate of drug-likeness (QED) is 0.171. The minimum atomic E-state index is -0.795. The molecule has 4 rings (SSSR count). The molecule has 0 bridgehead atoms. The number of nitrogens with one attached hydrogen (secondary N) is 2. The van der Waals surface area contributed by atoms with Crippen LogP contribution in [0.3, 0.4) is 0 Å². The SMILES string of the molecule is CC(C)(Cc1cccc(C(=O)NCCc2ccc(-c3ccccc3)cc2)c1)NC[C@@H](O)c1ccc(O)c(CO)c1. The van der Waals surface area contributed by atoms with Crippen molar-refractivity contribution in [2.45, 2.75) is 44.9 Å². The van der Waals surface area contributed by atoms with E-state index in [0.717, 1.165) is 12.0 Å². The predicted octanol–water partition coefficient (Wildman–Crippen LogP) is 5.17. The standard InChI is InChI=1S/C34H38N2O4/c1-34(2,36-22-32(39)28-15-16-31(38)30(20-28)23-37)21-25-7-6-10-29(19-25)33(40)35-18-17-24-11-13-27(14-12-24)26-8-4-3-5-9-26/h3-16,19-20,32,36-39H,17-18,21-23H2,1-2H3,(H,35,40)/t32-/m1/s1. The molecule has 0 aromatic heterocycles. The third-order valence-corrected chi connectivity index (χ3v) is 7.03. The van der Waals surface area contributed by atoms with Crippen LogP contribution in [0.15, 0.2) is 97.1 Å². The summed E-state index contributed by atoms with van der Waals surface area (Å²) < 4.78 is 0. The number of aliphatic hydroxyl groups is 2. The zero-order chi connectivity index (χ0) is 28.5. The van der Waals surface area contributed by atoms with Gasteiger partial charge in [-0.2, -0.15) is 0 Å². The molecule has 6 nitrogen and oxygen atoms in total. The van der Waals surface area contributed by atoms with Gasteiger partial charge in [-0.05, 0) is 78.8 Å². The molecule has 4 aromatic rings. The van der Waals surface area contributed by atoms with Crippen LogP contribution in [0.25, 0.3) is 11.1 Å². The van der Waals surface area contributed by atoms with Crippen molar-refractivity contribution in [1.82, 2.24) is 10.6 Å². The molecule has 1 atom stereocenters. The molecule has 1 amide bonds. The lowest BCUT2D eigenvalue weighted by molar-refractivity contribution is 0.0954. The van der Waals surface area contributed by atoms with E-state index >= 15 is 0 Å². The van der Waals surface area contributed by atoms with Crippen LogP contribution in [-0.2, 0) is 19.4 Å². The van der Waals surface area contributed by atoms with Crippen LogP contribution in [0.1, 0.15) is 52.6 Å². The second-order valence-corrected chi connectivity index (χ2v) is 10.8. The molecule has 0 fully saturated rings. The first-order valence-electron chi connectivity index (χ1n) is 13.6. The largest absolute Gasteiger partial charge is 0.508 e. The highest BCUT2D eigenvalue weighted by molar-refractivity contribution is 5.94. The maximum absolute atomic E-state index is 12.8. The number of phenols is 1. The van der Waals surface area contributed by atoms with E-state index in [0.29, 0.717) is 36.2 Å². The minimum Gasteiger partial charge on any atom is -0.508 e. The number of carbonyl (C=O) groups excluding carboxylic acids is 1. The number of amides is 1. The van der Waals surface area contributed by atoms with Crippen LogP contribution in [0.5, 0.6) is 5.75 Å². The fourth-order valence-electron chi connectivity index (χ4n) is 4.74. The van der Waals surface area contributed by atoms with Crippen LogP contribution < -0.4 is 10.6 Å². The van der Waals surface area contributed by atoms with Gasteiger partial charge in [0.1, 0.15) is 5.75 Å². The average molecular weight is 539 g/mol. The Balaban J connectivity index is 1.27. The lowest BCUT2D eigenvalue weighted by atomic mass is 9.93. The van der Waals surface area contributed by atoms with E-state index in [1.165, 1.54) is 22.8 Å². The lowest BCUT2D eigenvalue weighted by Gasteiger charge is -2.28. The molecule has 0 radical (unpaired) electrons. The average Bonchev–Trinajstić information content (AvgIpc) is 2.97. The Labute approximate surface area is 236 Å². The molecule has 0 spiro atoms. The summed E-state index contributed by atoms with van der Waals surface area (Å²) >= 11 is 0. The summed E-state index contributed by atoms with van der Waals surface area (Å²) in [7, 11) is 0. The number of hydrogen-bond acceptors (Lipinski definition) is 5. The van der Waals surface area contributed by atoms with Crippen molar-refractivity contribution in [2.24, 2.45) is 0 Å². The van der Waals surface area contributed by atoms with Gasteiger partial charge >= 0.3 is 0 Å². The van der Waals surface area contributed by atoms with E-state index in [9.17, 15) is 20.1 Å². The first-order valence-corrected chi connectivity index (χ1v) is 13.6. The fraction of sp³-hybridized carbons (Fsp3) is 0.265. The van der Waals surface area contributed by atoms with Gasteiger partial charge < -0.3 is 26.0 Å². The lowest BCUT2D eigenvalue weighted by Crippen LogP contribution is -2.43. The highest BCUT2D eigenvalue weighted by Gasteiger charge is 2.21. The van der Waals surface area contributed by atoms with Crippen molar-refractivity contribution >= 4 is 5.91 Å². The normalized spacial score (nSPS) is 12.2. The molecule has 6 heteroatoms. The van der Waals surface area contributed by atoms with Crippen LogP contribution in [0, 0.1) is 0 Å². The van der Waals surface area contributed by atoms with Crippen molar-refractivity contribution in [1.29, 1.82) is 0 Å². The number of aliphatic hydroxyl groups excluding tert-OH is 2. The van der Waals surface area contributed by atoms with Crippen LogP contribution >= 0.6 is 0 Å². The molecule has 208 valence electrons. The number of aromatic hydroxyl groups is 1. The van der Waals surface area contributed by atoms with E-state index in [2.05, 4.69) is 47.0 Å². The van der Waals surface area contributed by atoms with Crippen LogP contribution in [-0.4, -0.2) is 39.9 Å². The summed E-state index contributed by atoms with van der Waals surface area (Å²) in [6.07, 6.45) is 0.615. The smallest absolute Gasteiger partial charge is 0.251 e. The van der Waals surface area contributed by atoms with Crippen molar-refractivity contribution in [3.63, 3.8) is 0 Å². The molecular formula is C34H38N2O4. The Bertz CT molecular complexity index is 1400. The van der Waals surface area contributed by atoms with E-state index in [1.807, 2.05) is 56.3 Å². The maximum Gasteiger partial charge on any atom is 0.251 e. The predicted molar refractivity (Wildman–Crippen MR) is 159 cm³/mol. The Morgan fingerprint density at radius 2 is 1.57 bits per heavy atom. The maximum atomic E-state index is 12.8. The first kappa shape index (κ1) is 29.0. The van der Waals surface area contributed by atoms with E-state index in [4.69, 9.17) is 0 Å². The van der Waals surface area contributed by atoms with Gasteiger partial charge in [-0.25, -0.2) is 0 Å². The van der Waals surface area contributed by atoms with Crippen molar-refractivity contribution in [3.8, 4) is 16.9 Å². The van der Waals surface area contributed by atoms with Crippen LogP contribution in [0.2, 0.25) is 0 Å². The third-order valence-electron chi connectivity index (χ3n) is 7.03. The Hall–Kier alpha value is -3.97. The Morgan fingerprint density at radius 1 is 0.850 bits per heavy atom. The van der Waals surface area contributed by atoms with Crippen LogP contribution in [0.4, 0.5) is 0 Å². The highest BCUT2D eigenvalue weighted by atomic mass is 16.3. The Morgan fingerprint density at radius 3 is 2.30 bits per heavy atom. The van der Waals surface area contributed by atoms with E-state index in [-0.39, 0.29) is 23.8 Å². The van der Waals surface area contributed by atoms with Gasteiger partial charge in [0.05, 0.1) is 12.7 Å². The molecular weight excluding hydrogens is 500 g/mol. The number of benzene rings is 4. The number of β-amino-alcohol motifs (C(OH)–C–C–N with tert-alkyl or cyclic N) is 1. The number of rotatable bonds is 12. The van der Waals surface area contributed by atoms with E-state index in [1.54, 1.807) is 12.1 Å². The monoisotopic (exact) mass is 538 g/mol. The first-order chi connectivity index (χ1) is 19.2. The summed E-state index contributed by atoms with van der Waals surface area (Å²) in [5.74, 6) is -0.0934. The summed E-state index contributed by atoms with van der Waals surface area (Å²) in [6, 6.07) is 31.1. The molecule has 0 unspecified atom stereocenters. The van der Waals surface area contributed by atoms with Crippen molar-refractivity contribution in [3.05, 3.63) is 125 Å². The van der Waals surface area contributed by atoms with Crippen molar-refractivity contribution < 1.29 is 20.1 Å². The molecule has 0 saturated carbocycles.